The van der Waals surface area contributed by atoms with Gasteiger partial charge in [-0.15, -0.1) is 0 Å². The van der Waals surface area contributed by atoms with Gasteiger partial charge in [0.1, 0.15) is 17.0 Å². The molecule has 0 saturated heterocycles. The predicted octanol–water partition coefficient (Wildman–Crippen LogP) is 5.21. The number of amides is 2. The second-order valence-corrected chi connectivity index (χ2v) is 12.2. The highest BCUT2D eigenvalue weighted by Crippen LogP contribution is 2.34. The van der Waals surface area contributed by atoms with Crippen molar-refractivity contribution in [1.29, 1.82) is 0 Å². The van der Waals surface area contributed by atoms with E-state index in [1.807, 2.05) is 35.4 Å². The average Bonchev–Trinajstić information content (AvgIpc) is 3.18. The third-order valence-electron chi connectivity index (χ3n) is 7.80. The summed E-state index contributed by atoms with van der Waals surface area (Å²) < 4.78 is 7.85. The Bertz CT molecular complexity index is 1050. The number of carbonyl (C=O) groups is 2. The summed E-state index contributed by atoms with van der Waals surface area (Å²) in [6.07, 6.45) is 6.82. The van der Waals surface area contributed by atoms with Gasteiger partial charge in [-0.1, -0.05) is 53.4 Å². The third kappa shape index (κ3) is 5.66. The zero-order chi connectivity index (χ0) is 26.0. The molecule has 1 aliphatic carbocycles. The maximum atomic E-state index is 14.0. The molecule has 1 aliphatic heterocycles. The SMILES string of the molecule is Cc1cc2c(cc3n2CC(C)(C(=O)NC2CCCCCC2)N(CCN(CC(C)C)CC(C)C)C3=O)o1. The van der Waals surface area contributed by atoms with Gasteiger partial charge in [-0.05, 0) is 38.5 Å². The first kappa shape index (κ1) is 26.8. The van der Waals surface area contributed by atoms with Gasteiger partial charge in [0, 0.05) is 44.4 Å². The average molecular weight is 499 g/mol. The van der Waals surface area contributed by atoms with Gasteiger partial charge >= 0.3 is 0 Å². The van der Waals surface area contributed by atoms with Crippen molar-refractivity contribution < 1.29 is 14.0 Å². The van der Waals surface area contributed by atoms with Crippen LogP contribution in [-0.4, -0.2) is 63.9 Å². The van der Waals surface area contributed by atoms with Crippen LogP contribution >= 0.6 is 0 Å². The van der Waals surface area contributed by atoms with Crippen molar-refractivity contribution in [2.45, 2.75) is 98.2 Å². The smallest absolute Gasteiger partial charge is 0.271 e. The number of nitrogens with one attached hydrogen (secondary N) is 1. The number of aromatic nitrogens is 1. The van der Waals surface area contributed by atoms with E-state index in [4.69, 9.17) is 4.42 Å². The molecule has 2 aromatic heterocycles. The van der Waals surface area contributed by atoms with Gasteiger partial charge < -0.3 is 24.1 Å². The topological polar surface area (TPSA) is 70.7 Å². The lowest BCUT2D eigenvalue weighted by Crippen LogP contribution is -2.65. The minimum atomic E-state index is -0.963. The Morgan fingerprint density at radius 1 is 1.11 bits per heavy atom. The van der Waals surface area contributed by atoms with Gasteiger partial charge in [0.2, 0.25) is 5.91 Å². The zero-order valence-corrected chi connectivity index (χ0v) is 23.2. The second-order valence-electron chi connectivity index (χ2n) is 12.2. The van der Waals surface area contributed by atoms with Crippen molar-refractivity contribution in [3.05, 3.63) is 23.6 Å². The second kappa shape index (κ2) is 11.0. The van der Waals surface area contributed by atoms with E-state index in [0.717, 1.165) is 56.6 Å². The lowest BCUT2D eigenvalue weighted by Gasteiger charge is -2.45. The Kier molecular flexibility index (Phi) is 8.18. The Morgan fingerprint density at radius 3 is 2.36 bits per heavy atom. The van der Waals surface area contributed by atoms with Crippen LogP contribution in [0.2, 0.25) is 0 Å². The molecular formula is C29H46N4O3. The lowest BCUT2D eigenvalue weighted by molar-refractivity contribution is -0.133. The molecule has 3 heterocycles. The molecule has 1 unspecified atom stereocenters. The summed E-state index contributed by atoms with van der Waals surface area (Å²) in [4.78, 5) is 32.2. The highest BCUT2D eigenvalue weighted by molar-refractivity contribution is 6.03. The molecule has 36 heavy (non-hydrogen) atoms. The molecule has 2 amide bonds. The van der Waals surface area contributed by atoms with Crippen LogP contribution in [0, 0.1) is 18.8 Å². The van der Waals surface area contributed by atoms with Crippen LogP contribution in [0.5, 0.6) is 0 Å². The number of rotatable bonds is 9. The molecule has 0 aromatic carbocycles. The van der Waals surface area contributed by atoms with Gasteiger partial charge in [-0.2, -0.15) is 0 Å². The van der Waals surface area contributed by atoms with E-state index in [9.17, 15) is 9.59 Å². The number of nitrogens with zero attached hydrogens (tertiary/aromatic N) is 3. The minimum Gasteiger partial charge on any atom is -0.460 e. The van der Waals surface area contributed by atoms with Crippen LogP contribution in [0.3, 0.4) is 0 Å². The zero-order valence-electron chi connectivity index (χ0n) is 23.2. The van der Waals surface area contributed by atoms with Gasteiger partial charge in [0.15, 0.2) is 5.58 Å². The standard InChI is InChI=1S/C29H46N4O3/c1-20(2)17-31(18-21(3)4)13-14-33-27(34)25-16-26-24(15-22(5)36-26)32(25)19-29(33,6)28(35)30-23-11-9-7-8-10-12-23/h15-16,20-21,23H,7-14,17-19H2,1-6H3,(H,30,35). The molecule has 4 rings (SSSR count). The number of carbonyl (C=O) groups excluding carboxylic acids is 2. The van der Waals surface area contributed by atoms with Crippen LogP contribution in [0.4, 0.5) is 0 Å². The van der Waals surface area contributed by atoms with Crippen molar-refractivity contribution >= 4 is 22.9 Å². The van der Waals surface area contributed by atoms with Crippen molar-refractivity contribution in [1.82, 2.24) is 19.7 Å². The van der Waals surface area contributed by atoms with E-state index >= 15 is 0 Å². The highest BCUT2D eigenvalue weighted by atomic mass is 16.3. The molecular weight excluding hydrogens is 452 g/mol. The van der Waals surface area contributed by atoms with Crippen LogP contribution in [0.1, 0.15) is 89.4 Å². The van der Waals surface area contributed by atoms with Crippen LogP contribution in [0.15, 0.2) is 16.5 Å². The maximum Gasteiger partial charge on any atom is 0.271 e. The molecule has 2 aliphatic rings. The van der Waals surface area contributed by atoms with Gasteiger partial charge in [0.05, 0.1) is 12.1 Å². The number of fused-ring (bicyclic) bond motifs is 3. The highest BCUT2D eigenvalue weighted by Gasteiger charge is 2.48. The van der Waals surface area contributed by atoms with E-state index < -0.39 is 5.54 Å². The fraction of sp³-hybridized carbons (Fsp3) is 0.724. The van der Waals surface area contributed by atoms with Gasteiger partial charge in [0.25, 0.3) is 5.91 Å². The molecule has 0 radical (unpaired) electrons. The fourth-order valence-corrected chi connectivity index (χ4v) is 6.11. The van der Waals surface area contributed by atoms with E-state index in [1.165, 1.54) is 12.8 Å². The molecule has 7 nitrogen and oxygen atoms in total. The quantitative estimate of drug-likeness (QED) is 0.482. The first-order chi connectivity index (χ1) is 17.1. The molecule has 1 fully saturated rings. The van der Waals surface area contributed by atoms with Crippen molar-refractivity contribution in [2.75, 3.05) is 26.2 Å². The van der Waals surface area contributed by atoms with Crippen LogP contribution < -0.4 is 5.32 Å². The van der Waals surface area contributed by atoms with E-state index in [2.05, 4.69) is 37.9 Å². The summed E-state index contributed by atoms with van der Waals surface area (Å²) in [6, 6.07) is 4.01. The number of aryl methyl sites for hydroxylation is 1. The number of hydrogen-bond donors (Lipinski definition) is 1. The van der Waals surface area contributed by atoms with Gasteiger partial charge in [-0.3, -0.25) is 9.59 Å². The molecule has 0 spiro atoms. The summed E-state index contributed by atoms with van der Waals surface area (Å²) in [5.74, 6) is 1.77. The van der Waals surface area contributed by atoms with Crippen molar-refractivity contribution in [3.63, 3.8) is 0 Å². The summed E-state index contributed by atoms with van der Waals surface area (Å²) in [7, 11) is 0. The van der Waals surface area contributed by atoms with E-state index in [0.29, 0.717) is 36.2 Å². The van der Waals surface area contributed by atoms with Crippen LogP contribution in [-0.2, 0) is 11.3 Å². The van der Waals surface area contributed by atoms with E-state index in [-0.39, 0.29) is 17.9 Å². The van der Waals surface area contributed by atoms with Crippen molar-refractivity contribution in [2.24, 2.45) is 11.8 Å². The normalized spacial score (nSPS) is 21.6. The predicted molar refractivity (Wildman–Crippen MR) is 144 cm³/mol. The molecule has 1 saturated carbocycles. The summed E-state index contributed by atoms with van der Waals surface area (Å²) in [5.41, 5.74) is 1.26. The van der Waals surface area contributed by atoms with Gasteiger partial charge in [-0.25, -0.2) is 0 Å². The minimum absolute atomic E-state index is 0.0327. The molecule has 7 heteroatoms. The van der Waals surface area contributed by atoms with E-state index in [1.54, 1.807) is 0 Å². The number of hydrogen-bond acceptors (Lipinski definition) is 4. The largest absolute Gasteiger partial charge is 0.460 e. The Hall–Kier alpha value is -2.28. The first-order valence-electron chi connectivity index (χ1n) is 14.0. The molecule has 1 N–H and O–H groups in total. The monoisotopic (exact) mass is 498 g/mol. The number of furan rings is 1. The Balaban J connectivity index is 1.63. The first-order valence-corrected chi connectivity index (χ1v) is 14.0. The Morgan fingerprint density at radius 2 is 1.75 bits per heavy atom. The third-order valence-corrected chi connectivity index (χ3v) is 7.80. The van der Waals surface area contributed by atoms with Crippen LogP contribution in [0.25, 0.3) is 11.1 Å². The van der Waals surface area contributed by atoms with Crippen molar-refractivity contribution in [3.8, 4) is 0 Å². The molecule has 1 atom stereocenters. The Labute approximate surface area is 216 Å². The molecule has 2 aromatic rings. The maximum absolute atomic E-state index is 14.0. The fourth-order valence-electron chi connectivity index (χ4n) is 6.11. The molecule has 0 bridgehead atoms. The summed E-state index contributed by atoms with van der Waals surface area (Å²) >= 11 is 0. The lowest BCUT2D eigenvalue weighted by atomic mass is 9.93. The summed E-state index contributed by atoms with van der Waals surface area (Å²) in [6.45, 7) is 16.5. The molecule has 200 valence electrons. The summed E-state index contributed by atoms with van der Waals surface area (Å²) in [5, 5.41) is 3.36.